The Hall–Kier alpha value is -1.37. The van der Waals surface area contributed by atoms with E-state index in [-0.39, 0.29) is 11.7 Å². The van der Waals surface area contributed by atoms with Gasteiger partial charge in [0.25, 0.3) is 5.56 Å². The molecule has 0 amide bonds. The van der Waals surface area contributed by atoms with Gasteiger partial charge in [0.1, 0.15) is 11.9 Å². The van der Waals surface area contributed by atoms with Gasteiger partial charge >= 0.3 is 0 Å². The third-order valence-corrected chi connectivity index (χ3v) is 3.52. The van der Waals surface area contributed by atoms with Crippen molar-refractivity contribution >= 4 is 22.6 Å². The molecule has 1 aromatic carbocycles. The minimum absolute atomic E-state index is 0.00680. The molecule has 18 heavy (non-hydrogen) atoms. The highest BCUT2D eigenvalue weighted by molar-refractivity contribution is 14.1. The number of benzene rings is 1. The van der Waals surface area contributed by atoms with E-state index in [2.05, 4.69) is 33.8 Å². The van der Waals surface area contributed by atoms with Gasteiger partial charge in [-0.05, 0) is 34.2 Å². The smallest absolute Gasteiger partial charge is 0.267 e. The van der Waals surface area contributed by atoms with E-state index < -0.39 is 0 Å². The van der Waals surface area contributed by atoms with Crippen LogP contribution >= 0.6 is 22.6 Å². The average molecular weight is 354 g/mol. The summed E-state index contributed by atoms with van der Waals surface area (Å²) >= 11 is 2.08. The second-order valence-electron chi connectivity index (χ2n) is 4.25. The van der Waals surface area contributed by atoms with Crippen LogP contribution in [0.15, 0.2) is 41.3 Å². The highest BCUT2D eigenvalue weighted by Gasteiger charge is 2.23. The predicted molar refractivity (Wildman–Crippen MR) is 75.8 cm³/mol. The summed E-state index contributed by atoms with van der Waals surface area (Å²) in [6.07, 6.45) is 2.51. The van der Waals surface area contributed by atoms with Crippen molar-refractivity contribution < 1.29 is 4.74 Å². The maximum atomic E-state index is 11.7. The molecule has 3 rings (SSSR count). The lowest BCUT2D eigenvalue weighted by atomic mass is 10.1. The lowest BCUT2D eigenvalue weighted by Crippen LogP contribution is -2.30. The molecule has 92 valence electrons. The summed E-state index contributed by atoms with van der Waals surface area (Å²) in [6.45, 7) is 0.491. The van der Waals surface area contributed by atoms with Crippen LogP contribution in [0.5, 0.6) is 5.75 Å². The molecule has 0 spiro atoms. The number of hydrogen-bond acceptors (Lipinski definition) is 3. The maximum absolute atomic E-state index is 11.7. The van der Waals surface area contributed by atoms with Gasteiger partial charge in [-0.3, -0.25) is 4.79 Å². The van der Waals surface area contributed by atoms with Crippen LogP contribution in [-0.2, 0) is 13.0 Å². The van der Waals surface area contributed by atoms with Crippen LogP contribution in [0.3, 0.4) is 0 Å². The first kappa shape index (κ1) is 11.7. The Kier molecular flexibility index (Phi) is 3.07. The Bertz CT molecular complexity index is 614. The first-order valence-corrected chi connectivity index (χ1v) is 6.77. The van der Waals surface area contributed by atoms with Gasteiger partial charge in [-0.15, -0.1) is 0 Å². The Balaban J connectivity index is 1.78. The first-order chi connectivity index (χ1) is 8.72. The molecular formula is C13H11IN2O2. The number of rotatable bonds is 2. The topological polar surface area (TPSA) is 44.1 Å². The highest BCUT2D eigenvalue weighted by atomic mass is 127. The SMILES string of the molecule is O=c1cc(I)cnn1CC1Cc2ccccc2O1. The molecule has 0 radical (unpaired) electrons. The van der Waals surface area contributed by atoms with Gasteiger partial charge in [-0.1, -0.05) is 18.2 Å². The Morgan fingerprint density at radius 3 is 3.06 bits per heavy atom. The van der Waals surface area contributed by atoms with E-state index in [0.717, 1.165) is 15.7 Å². The quantitative estimate of drug-likeness (QED) is 0.774. The van der Waals surface area contributed by atoms with Crippen molar-refractivity contribution in [2.24, 2.45) is 0 Å². The Morgan fingerprint density at radius 1 is 1.44 bits per heavy atom. The standard InChI is InChI=1S/C13H11IN2O2/c14-10-6-13(17)16(15-7-10)8-11-5-9-3-1-2-4-12(9)18-11/h1-4,6-7,11H,5,8H2. The Labute approximate surface area is 118 Å². The number of ether oxygens (including phenoxy) is 1. The lowest BCUT2D eigenvalue weighted by molar-refractivity contribution is 0.200. The van der Waals surface area contributed by atoms with Crippen molar-refractivity contribution in [1.29, 1.82) is 0 Å². The lowest BCUT2D eigenvalue weighted by Gasteiger charge is -2.11. The van der Waals surface area contributed by atoms with Crippen LogP contribution < -0.4 is 10.3 Å². The van der Waals surface area contributed by atoms with Crippen LogP contribution in [-0.4, -0.2) is 15.9 Å². The van der Waals surface area contributed by atoms with Gasteiger partial charge in [0, 0.05) is 16.1 Å². The van der Waals surface area contributed by atoms with Crippen LogP contribution in [0.1, 0.15) is 5.56 Å². The summed E-state index contributed by atoms with van der Waals surface area (Å²) in [5.41, 5.74) is 1.11. The molecule has 1 aliphatic rings. The zero-order valence-corrected chi connectivity index (χ0v) is 11.7. The minimum Gasteiger partial charge on any atom is -0.488 e. The second kappa shape index (κ2) is 4.72. The van der Waals surface area contributed by atoms with Gasteiger partial charge in [-0.25, -0.2) is 4.68 Å². The van der Waals surface area contributed by atoms with Crippen LogP contribution in [0, 0.1) is 3.57 Å². The summed E-state index contributed by atoms with van der Waals surface area (Å²) in [6, 6.07) is 9.55. The van der Waals surface area contributed by atoms with E-state index in [1.165, 1.54) is 10.2 Å². The van der Waals surface area contributed by atoms with Crippen molar-refractivity contribution in [3.63, 3.8) is 0 Å². The van der Waals surface area contributed by atoms with Crippen LogP contribution in [0.25, 0.3) is 0 Å². The monoisotopic (exact) mass is 354 g/mol. The molecule has 4 nitrogen and oxygen atoms in total. The number of nitrogens with zero attached hydrogens (tertiary/aromatic N) is 2. The maximum Gasteiger partial charge on any atom is 0.267 e. The predicted octanol–water partition coefficient (Wildman–Crippen LogP) is 1.85. The molecule has 0 saturated heterocycles. The third kappa shape index (κ3) is 2.27. The molecule has 0 aliphatic carbocycles. The molecule has 1 unspecified atom stereocenters. The summed E-state index contributed by atoms with van der Waals surface area (Å²) in [5.74, 6) is 0.918. The molecular weight excluding hydrogens is 343 g/mol. The second-order valence-corrected chi connectivity index (χ2v) is 5.49. The number of fused-ring (bicyclic) bond motifs is 1. The summed E-state index contributed by atoms with van der Waals surface area (Å²) in [4.78, 5) is 11.7. The van der Waals surface area contributed by atoms with Crippen molar-refractivity contribution in [1.82, 2.24) is 9.78 Å². The largest absolute Gasteiger partial charge is 0.488 e. The average Bonchev–Trinajstić information content (AvgIpc) is 2.75. The zero-order chi connectivity index (χ0) is 12.5. The van der Waals surface area contributed by atoms with E-state index in [0.29, 0.717) is 6.54 Å². The van der Waals surface area contributed by atoms with Crippen LogP contribution in [0.4, 0.5) is 0 Å². The molecule has 1 atom stereocenters. The van der Waals surface area contributed by atoms with Crippen molar-refractivity contribution in [2.75, 3.05) is 0 Å². The summed E-state index contributed by atoms with van der Waals surface area (Å²) in [5, 5.41) is 4.12. The number of hydrogen-bond donors (Lipinski definition) is 0. The summed E-state index contributed by atoms with van der Waals surface area (Å²) < 4.78 is 8.10. The third-order valence-electron chi connectivity index (χ3n) is 2.93. The summed E-state index contributed by atoms with van der Waals surface area (Å²) in [7, 11) is 0. The van der Waals surface area contributed by atoms with E-state index in [1.807, 2.05) is 18.2 Å². The number of para-hydroxylation sites is 1. The normalized spacial score (nSPS) is 17.3. The molecule has 2 aromatic rings. The van der Waals surface area contributed by atoms with Gasteiger partial charge in [0.2, 0.25) is 0 Å². The van der Waals surface area contributed by atoms with Crippen molar-refractivity contribution in [3.05, 3.63) is 56.0 Å². The van der Waals surface area contributed by atoms with Gasteiger partial charge in [-0.2, -0.15) is 5.10 Å². The number of aromatic nitrogens is 2. The molecule has 0 N–H and O–H groups in total. The molecule has 0 saturated carbocycles. The molecule has 0 bridgehead atoms. The fourth-order valence-electron chi connectivity index (χ4n) is 2.10. The highest BCUT2D eigenvalue weighted by Crippen LogP contribution is 2.28. The van der Waals surface area contributed by atoms with E-state index in [1.54, 1.807) is 12.3 Å². The number of halogens is 1. The van der Waals surface area contributed by atoms with E-state index >= 15 is 0 Å². The van der Waals surface area contributed by atoms with E-state index in [9.17, 15) is 4.79 Å². The van der Waals surface area contributed by atoms with E-state index in [4.69, 9.17) is 4.74 Å². The van der Waals surface area contributed by atoms with Gasteiger partial charge in [0.05, 0.1) is 12.7 Å². The fraction of sp³-hybridized carbons (Fsp3) is 0.231. The van der Waals surface area contributed by atoms with Gasteiger partial charge < -0.3 is 4.74 Å². The molecule has 0 fully saturated rings. The van der Waals surface area contributed by atoms with Gasteiger partial charge in [0.15, 0.2) is 0 Å². The first-order valence-electron chi connectivity index (χ1n) is 5.69. The molecule has 2 heterocycles. The fourth-order valence-corrected chi connectivity index (χ4v) is 2.49. The zero-order valence-electron chi connectivity index (χ0n) is 9.54. The van der Waals surface area contributed by atoms with Crippen molar-refractivity contribution in [2.45, 2.75) is 19.1 Å². The molecule has 5 heteroatoms. The molecule has 1 aromatic heterocycles. The van der Waals surface area contributed by atoms with Crippen LogP contribution in [0.2, 0.25) is 0 Å². The molecule has 1 aliphatic heterocycles. The minimum atomic E-state index is -0.0820. The Morgan fingerprint density at radius 2 is 2.28 bits per heavy atom. The van der Waals surface area contributed by atoms with Crippen molar-refractivity contribution in [3.8, 4) is 5.75 Å².